The lowest BCUT2D eigenvalue weighted by atomic mass is 10.1. The lowest BCUT2D eigenvalue weighted by molar-refractivity contribution is -0.140. The van der Waals surface area contributed by atoms with Crippen LogP contribution in [0.2, 0.25) is 0 Å². The lowest BCUT2D eigenvalue weighted by Crippen LogP contribution is -2.52. The van der Waals surface area contributed by atoms with E-state index in [1.807, 2.05) is 9.80 Å². The molecule has 2 rings (SSSR count). The highest BCUT2D eigenvalue weighted by Crippen LogP contribution is 2.10. The van der Waals surface area contributed by atoms with Crippen molar-refractivity contribution in [3.8, 4) is 0 Å². The van der Waals surface area contributed by atoms with E-state index in [4.69, 9.17) is 5.73 Å². The van der Waals surface area contributed by atoms with Crippen LogP contribution in [0.1, 0.15) is 45.4 Å². The number of aliphatic carboxylic acids is 3. The molecule has 17 nitrogen and oxygen atoms in total. The van der Waals surface area contributed by atoms with Crippen molar-refractivity contribution in [1.82, 2.24) is 40.4 Å². The van der Waals surface area contributed by atoms with Gasteiger partial charge in [-0.25, -0.2) is 0 Å². The highest BCUT2D eigenvalue weighted by Gasteiger charge is 2.23. The standard InChI is InChI=1S/C31H59N9O8/c1-2-3-8-34-31(48)26(32)5-4-9-33-27(41)20-36-10-6-25(7-11-36)35-24-40-18-16-38(22-29(44)45)14-12-37(21-28(42)43)13-15-39(17-19-40)23-30(46)47/h25-26,35H,2-24,32H2,1H3,(H,33,41)(H,34,48)(H,42,43)(H,44,45)(H,46,47)/t26-/m1/s1. The number of hydrogen-bond donors (Lipinski definition) is 7. The molecule has 0 aromatic rings. The number of carboxylic acids is 3. The third kappa shape index (κ3) is 18.6. The number of carbonyl (C=O) groups excluding carboxylic acids is 2. The van der Waals surface area contributed by atoms with E-state index in [-0.39, 0.29) is 37.5 Å². The molecule has 0 saturated carbocycles. The van der Waals surface area contributed by atoms with Crippen LogP contribution in [0, 0.1) is 0 Å². The smallest absolute Gasteiger partial charge is 0.317 e. The highest BCUT2D eigenvalue weighted by molar-refractivity contribution is 5.81. The lowest BCUT2D eigenvalue weighted by Gasteiger charge is -2.35. The Hall–Kier alpha value is -2.93. The van der Waals surface area contributed by atoms with Crippen LogP contribution < -0.4 is 21.7 Å². The second-order valence-electron chi connectivity index (χ2n) is 12.8. The van der Waals surface area contributed by atoms with E-state index in [1.165, 1.54) is 0 Å². The van der Waals surface area contributed by atoms with E-state index in [9.17, 15) is 39.3 Å². The van der Waals surface area contributed by atoms with Gasteiger partial charge in [0.25, 0.3) is 0 Å². The minimum absolute atomic E-state index is 0.0513. The summed E-state index contributed by atoms with van der Waals surface area (Å²) >= 11 is 0. The molecule has 0 radical (unpaired) electrons. The van der Waals surface area contributed by atoms with E-state index in [2.05, 4.69) is 32.7 Å². The third-order valence-electron chi connectivity index (χ3n) is 8.75. The van der Waals surface area contributed by atoms with Crippen molar-refractivity contribution in [2.45, 2.75) is 57.5 Å². The zero-order valence-electron chi connectivity index (χ0n) is 28.6. The summed E-state index contributed by atoms with van der Waals surface area (Å²) in [5.41, 5.74) is 5.95. The molecule has 17 heteroatoms. The zero-order chi connectivity index (χ0) is 35.3. The van der Waals surface area contributed by atoms with Gasteiger partial charge in [-0.1, -0.05) is 13.3 Å². The van der Waals surface area contributed by atoms with Gasteiger partial charge in [-0.15, -0.1) is 0 Å². The Morgan fingerprint density at radius 3 is 1.54 bits per heavy atom. The first-order valence-corrected chi connectivity index (χ1v) is 17.3. The molecule has 48 heavy (non-hydrogen) atoms. The number of nitrogens with zero attached hydrogens (tertiary/aromatic N) is 5. The first-order valence-electron chi connectivity index (χ1n) is 17.3. The van der Waals surface area contributed by atoms with Crippen molar-refractivity contribution >= 4 is 29.7 Å². The van der Waals surface area contributed by atoms with Crippen molar-refractivity contribution < 1.29 is 39.3 Å². The summed E-state index contributed by atoms with van der Waals surface area (Å²) in [5, 5.41) is 37.6. The third-order valence-corrected chi connectivity index (χ3v) is 8.75. The molecule has 2 heterocycles. The minimum atomic E-state index is -0.986. The maximum absolute atomic E-state index is 12.5. The van der Waals surface area contributed by atoms with Gasteiger partial charge >= 0.3 is 17.9 Å². The zero-order valence-corrected chi connectivity index (χ0v) is 28.6. The number of rotatable bonds is 19. The summed E-state index contributed by atoms with van der Waals surface area (Å²) in [6.07, 6.45) is 4.78. The normalized spacial score (nSPS) is 19.5. The molecule has 0 unspecified atom stereocenters. The van der Waals surface area contributed by atoms with Crippen LogP contribution in [0.4, 0.5) is 0 Å². The van der Waals surface area contributed by atoms with Crippen molar-refractivity contribution in [3.63, 3.8) is 0 Å². The van der Waals surface area contributed by atoms with Gasteiger partial charge in [-0.3, -0.25) is 48.5 Å². The molecule has 2 saturated heterocycles. The van der Waals surface area contributed by atoms with Crippen LogP contribution in [-0.2, 0) is 24.0 Å². The fourth-order valence-corrected chi connectivity index (χ4v) is 5.80. The van der Waals surface area contributed by atoms with Gasteiger partial charge in [0.2, 0.25) is 11.8 Å². The summed E-state index contributed by atoms with van der Waals surface area (Å²) in [6, 6.07) is -0.332. The summed E-state index contributed by atoms with van der Waals surface area (Å²) in [6.45, 7) is 8.61. The average Bonchev–Trinajstić information content (AvgIpc) is 3.02. The van der Waals surface area contributed by atoms with E-state index < -0.39 is 23.9 Å². The predicted octanol–water partition coefficient (Wildman–Crippen LogP) is -2.39. The molecule has 0 spiro atoms. The number of carbonyl (C=O) groups is 5. The van der Waals surface area contributed by atoms with Gasteiger partial charge in [0.1, 0.15) is 0 Å². The van der Waals surface area contributed by atoms with Crippen molar-refractivity contribution in [2.75, 3.05) is 111 Å². The second-order valence-corrected chi connectivity index (χ2v) is 12.8. The van der Waals surface area contributed by atoms with Crippen LogP contribution >= 0.6 is 0 Å². The summed E-state index contributed by atoms with van der Waals surface area (Å²) < 4.78 is 0. The Kier molecular flexibility index (Phi) is 20.1. The average molecular weight is 686 g/mol. The molecule has 2 aliphatic heterocycles. The van der Waals surface area contributed by atoms with E-state index >= 15 is 0 Å². The number of amides is 2. The molecular formula is C31H59N9O8. The molecule has 1 atom stereocenters. The number of hydrogen-bond acceptors (Lipinski definition) is 12. The number of unbranched alkanes of at least 4 members (excludes halogenated alkanes) is 1. The van der Waals surface area contributed by atoms with Crippen LogP contribution in [0.3, 0.4) is 0 Å². The van der Waals surface area contributed by atoms with Gasteiger partial charge in [0, 0.05) is 91.2 Å². The number of nitrogens with one attached hydrogen (secondary N) is 3. The van der Waals surface area contributed by atoms with Crippen LogP contribution in [0.25, 0.3) is 0 Å². The van der Waals surface area contributed by atoms with Gasteiger partial charge in [-0.05, 0) is 32.1 Å². The van der Waals surface area contributed by atoms with E-state index in [1.54, 1.807) is 4.90 Å². The second kappa shape index (κ2) is 23.4. The number of likely N-dealkylation sites (tertiary alicyclic amines) is 1. The molecule has 0 aromatic carbocycles. The fourth-order valence-electron chi connectivity index (χ4n) is 5.80. The van der Waals surface area contributed by atoms with Crippen molar-refractivity contribution in [1.29, 1.82) is 0 Å². The maximum Gasteiger partial charge on any atom is 0.317 e. The predicted molar refractivity (Wildman–Crippen MR) is 179 cm³/mol. The molecule has 8 N–H and O–H groups in total. The summed E-state index contributed by atoms with van der Waals surface area (Å²) in [4.78, 5) is 68.5. The Balaban J connectivity index is 1.79. The van der Waals surface area contributed by atoms with Crippen molar-refractivity contribution in [3.05, 3.63) is 0 Å². The Labute approximate surface area is 284 Å². The molecule has 0 bridgehead atoms. The highest BCUT2D eigenvalue weighted by atomic mass is 16.4. The quantitative estimate of drug-likeness (QED) is 0.0705. The maximum atomic E-state index is 12.5. The number of carboxylic acid groups (broad SMARTS) is 3. The van der Waals surface area contributed by atoms with Crippen LogP contribution in [0.5, 0.6) is 0 Å². The van der Waals surface area contributed by atoms with E-state index in [0.29, 0.717) is 91.5 Å². The SMILES string of the molecule is CCCCNC(=O)[C@H](N)CCCNC(=O)CN1CCC(NCN2CCN(CC(=O)O)CCN(CC(=O)O)CCN(CC(=O)O)CC2)CC1. The molecule has 276 valence electrons. The van der Waals surface area contributed by atoms with Gasteiger partial charge in [0.15, 0.2) is 0 Å². The summed E-state index contributed by atoms with van der Waals surface area (Å²) in [7, 11) is 0. The van der Waals surface area contributed by atoms with E-state index in [0.717, 1.165) is 38.8 Å². The molecule has 2 aliphatic rings. The molecule has 0 aliphatic carbocycles. The summed E-state index contributed by atoms with van der Waals surface area (Å²) in [5.74, 6) is -3.09. The first-order chi connectivity index (χ1) is 22.9. The van der Waals surface area contributed by atoms with Crippen LogP contribution in [0.15, 0.2) is 0 Å². The fraction of sp³-hybridized carbons (Fsp3) is 0.839. The monoisotopic (exact) mass is 685 g/mol. The van der Waals surface area contributed by atoms with Crippen LogP contribution in [-0.4, -0.2) is 193 Å². The minimum Gasteiger partial charge on any atom is -0.480 e. The van der Waals surface area contributed by atoms with Gasteiger partial charge in [0.05, 0.1) is 32.2 Å². The Bertz CT molecular complexity index is 967. The number of nitrogens with two attached hydrogens (primary N) is 1. The Morgan fingerprint density at radius 2 is 1.08 bits per heavy atom. The molecular weight excluding hydrogens is 626 g/mol. The Morgan fingerprint density at radius 1 is 0.646 bits per heavy atom. The number of piperidine rings is 1. The van der Waals surface area contributed by atoms with Gasteiger partial charge < -0.3 is 37.0 Å². The van der Waals surface area contributed by atoms with Gasteiger partial charge in [-0.2, -0.15) is 0 Å². The molecule has 2 amide bonds. The van der Waals surface area contributed by atoms with Crippen molar-refractivity contribution in [2.24, 2.45) is 5.73 Å². The molecule has 2 fully saturated rings. The topological polar surface area (TPSA) is 224 Å². The first kappa shape index (κ1) is 41.2. The molecule has 0 aromatic heterocycles. The largest absolute Gasteiger partial charge is 0.480 e.